The first-order chi connectivity index (χ1) is 14.8. The molecule has 31 heavy (non-hydrogen) atoms. The number of carbonyl (C=O) groups excluding carboxylic acids is 1. The Kier molecular flexibility index (Phi) is 6.60. The van der Waals surface area contributed by atoms with Gasteiger partial charge in [0.25, 0.3) is 5.91 Å². The van der Waals surface area contributed by atoms with Crippen molar-refractivity contribution in [2.45, 2.75) is 11.4 Å². The van der Waals surface area contributed by atoms with Crippen LogP contribution in [0.1, 0.15) is 16.1 Å². The second kappa shape index (κ2) is 9.23. The van der Waals surface area contributed by atoms with Gasteiger partial charge in [-0.3, -0.25) is 4.79 Å². The molecule has 0 aliphatic carbocycles. The van der Waals surface area contributed by atoms with Gasteiger partial charge in [-0.05, 0) is 64.6 Å². The number of benzene rings is 2. The summed E-state index contributed by atoms with van der Waals surface area (Å²) in [6.45, 7) is 1.52. The van der Waals surface area contributed by atoms with Crippen LogP contribution in [-0.4, -0.2) is 64.7 Å². The normalized spacial score (nSPS) is 15.2. The van der Waals surface area contributed by atoms with Gasteiger partial charge in [0.15, 0.2) is 5.69 Å². The molecule has 1 amide bonds. The zero-order chi connectivity index (χ0) is 22.0. The molecule has 2 heterocycles. The fourth-order valence-corrected chi connectivity index (χ4v) is 5.21. The van der Waals surface area contributed by atoms with Gasteiger partial charge in [-0.1, -0.05) is 28.9 Å². The van der Waals surface area contributed by atoms with Crippen LogP contribution in [0, 0.1) is 3.57 Å². The molecule has 1 saturated heterocycles. The van der Waals surface area contributed by atoms with Crippen molar-refractivity contribution in [3.05, 3.63) is 74.6 Å². The highest BCUT2D eigenvalue weighted by Gasteiger charge is 2.31. The van der Waals surface area contributed by atoms with E-state index in [0.717, 1.165) is 9.13 Å². The van der Waals surface area contributed by atoms with E-state index in [0.29, 0.717) is 11.6 Å². The lowest BCUT2D eigenvalue weighted by molar-refractivity contribution is 0.0692. The average Bonchev–Trinajstić information content (AvgIpc) is 3.24. The van der Waals surface area contributed by atoms with Gasteiger partial charge in [0, 0.05) is 34.8 Å². The second-order valence-corrected chi connectivity index (χ2v) is 10.7. The Hall–Kier alpha value is -2.02. The molecular formula is C20H19ClIN5O3S. The molecule has 0 bridgehead atoms. The standard InChI is InChI=1S/C20H19ClIN5O3S/c21-16-3-7-18(8-4-16)31(29,30)27-11-9-25(10-12-27)20(28)19-14-26(24-23-19)13-15-1-5-17(22)6-2-15/h1-8,14H,9-13H2. The quantitative estimate of drug-likeness (QED) is 0.440. The number of nitrogens with zero attached hydrogens (tertiary/aromatic N) is 5. The van der Waals surface area contributed by atoms with Crippen LogP contribution in [-0.2, 0) is 16.6 Å². The van der Waals surface area contributed by atoms with Crippen molar-refractivity contribution in [2.24, 2.45) is 0 Å². The molecule has 0 atom stereocenters. The maximum Gasteiger partial charge on any atom is 0.276 e. The highest BCUT2D eigenvalue weighted by Crippen LogP contribution is 2.20. The van der Waals surface area contributed by atoms with Crippen molar-refractivity contribution in [1.29, 1.82) is 0 Å². The molecule has 8 nitrogen and oxygen atoms in total. The Morgan fingerprint density at radius 2 is 1.65 bits per heavy atom. The number of hydrogen-bond donors (Lipinski definition) is 0. The van der Waals surface area contributed by atoms with Crippen LogP contribution in [0.25, 0.3) is 0 Å². The zero-order valence-corrected chi connectivity index (χ0v) is 20.1. The Balaban J connectivity index is 1.38. The first-order valence-corrected chi connectivity index (χ1v) is 12.4. The van der Waals surface area contributed by atoms with Gasteiger partial charge in [0.1, 0.15) is 0 Å². The zero-order valence-electron chi connectivity index (χ0n) is 16.4. The highest BCUT2D eigenvalue weighted by atomic mass is 127. The third kappa shape index (κ3) is 5.08. The van der Waals surface area contributed by atoms with Crippen molar-refractivity contribution in [1.82, 2.24) is 24.2 Å². The molecule has 162 valence electrons. The molecule has 1 aliphatic rings. The van der Waals surface area contributed by atoms with Crippen LogP contribution in [0.4, 0.5) is 0 Å². The molecule has 0 N–H and O–H groups in total. The highest BCUT2D eigenvalue weighted by molar-refractivity contribution is 14.1. The topological polar surface area (TPSA) is 88.4 Å². The maximum atomic E-state index is 12.8. The average molecular weight is 572 g/mol. The number of hydrogen-bond acceptors (Lipinski definition) is 5. The van der Waals surface area contributed by atoms with E-state index in [-0.39, 0.29) is 42.7 Å². The lowest BCUT2D eigenvalue weighted by atomic mass is 10.2. The Morgan fingerprint density at radius 3 is 2.29 bits per heavy atom. The van der Waals surface area contributed by atoms with E-state index in [1.807, 2.05) is 24.3 Å². The smallest absolute Gasteiger partial charge is 0.276 e. The molecule has 2 aromatic carbocycles. The minimum Gasteiger partial charge on any atom is -0.335 e. The van der Waals surface area contributed by atoms with E-state index in [1.165, 1.54) is 16.4 Å². The molecule has 1 aliphatic heterocycles. The van der Waals surface area contributed by atoms with Crippen molar-refractivity contribution in [2.75, 3.05) is 26.2 Å². The van der Waals surface area contributed by atoms with Gasteiger partial charge in [0.2, 0.25) is 10.0 Å². The predicted molar refractivity (Wildman–Crippen MR) is 124 cm³/mol. The summed E-state index contributed by atoms with van der Waals surface area (Å²) < 4.78 is 29.7. The lowest BCUT2D eigenvalue weighted by Gasteiger charge is -2.33. The summed E-state index contributed by atoms with van der Waals surface area (Å²) in [4.78, 5) is 14.6. The van der Waals surface area contributed by atoms with E-state index in [1.54, 1.807) is 27.9 Å². The minimum atomic E-state index is -3.62. The fourth-order valence-electron chi connectivity index (χ4n) is 3.30. The number of piperazine rings is 1. The molecular weight excluding hydrogens is 553 g/mol. The van der Waals surface area contributed by atoms with Crippen LogP contribution in [0.15, 0.2) is 59.6 Å². The third-order valence-corrected chi connectivity index (χ3v) is 7.88. The van der Waals surface area contributed by atoms with Crippen LogP contribution in [0.5, 0.6) is 0 Å². The summed E-state index contributed by atoms with van der Waals surface area (Å²) in [5, 5.41) is 8.53. The van der Waals surface area contributed by atoms with Crippen LogP contribution in [0.3, 0.4) is 0 Å². The molecule has 1 fully saturated rings. The summed E-state index contributed by atoms with van der Waals surface area (Å²) in [5.41, 5.74) is 1.31. The molecule has 0 unspecified atom stereocenters. The largest absolute Gasteiger partial charge is 0.335 e. The van der Waals surface area contributed by atoms with Crippen molar-refractivity contribution >= 4 is 50.1 Å². The molecule has 3 aromatic rings. The summed E-state index contributed by atoms with van der Waals surface area (Å²) in [7, 11) is -3.62. The molecule has 0 radical (unpaired) electrons. The minimum absolute atomic E-state index is 0.190. The number of sulfonamides is 1. The monoisotopic (exact) mass is 571 g/mol. The van der Waals surface area contributed by atoms with Crippen molar-refractivity contribution in [3.63, 3.8) is 0 Å². The van der Waals surface area contributed by atoms with Crippen LogP contribution >= 0.6 is 34.2 Å². The lowest BCUT2D eigenvalue weighted by Crippen LogP contribution is -2.50. The van der Waals surface area contributed by atoms with Gasteiger partial charge >= 0.3 is 0 Å². The number of amides is 1. The summed E-state index contributed by atoms with van der Waals surface area (Å²) >= 11 is 8.09. The second-order valence-electron chi connectivity index (χ2n) is 7.08. The van der Waals surface area contributed by atoms with E-state index < -0.39 is 10.0 Å². The Morgan fingerprint density at radius 1 is 1.00 bits per heavy atom. The van der Waals surface area contributed by atoms with Crippen LogP contribution < -0.4 is 0 Å². The van der Waals surface area contributed by atoms with E-state index >= 15 is 0 Å². The van der Waals surface area contributed by atoms with E-state index in [2.05, 4.69) is 32.9 Å². The summed E-state index contributed by atoms with van der Waals surface area (Å²) in [5.74, 6) is -0.252. The summed E-state index contributed by atoms with van der Waals surface area (Å²) in [6.07, 6.45) is 1.62. The van der Waals surface area contributed by atoms with Crippen molar-refractivity contribution in [3.8, 4) is 0 Å². The third-order valence-electron chi connectivity index (χ3n) is 4.99. The Bertz CT molecular complexity index is 1170. The van der Waals surface area contributed by atoms with E-state index in [9.17, 15) is 13.2 Å². The number of aromatic nitrogens is 3. The number of carbonyl (C=O) groups is 1. The predicted octanol–water partition coefficient (Wildman–Crippen LogP) is 2.73. The van der Waals surface area contributed by atoms with Gasteiger partial charge in [-0.15, -0.1) is 5.10 Å². The van der Waals surface area contributed by atoms with Crippen molar-refractivity contribution < 1.29 is 13.2 Å². The molecule has 4 rings (SSSR count). The molecule has 1 aromatic heterocycles. The van der Waals surface area contributed by atoms with Crippen LogP contribution in [0.2, 0.25) is 5.02 Å². The van der Waals surface area contributed by atoms with Gasteiger partial charge in [0.05, 0.1) is 17.6 Å². The first-order valence-electron chi connectivity index (χ1n) is 9.52. The van der Waals surface area contributed by atoms with Gasteiger partial charge < -0.3 is 4.90 Å². The number of rotatable bonds is 5. The first kappa shape index (κ1) is 22.2. The maximum absolute atomic E-state index is 12.8. The van der Waals surface area contributed by atoms with E-state index in [4.69, 9.17) is 11.6 Å². The fraction of sp³-hybridized carbons (Fsp3) is 0.250. The summed E-state index contributed by atoms with van der Waals surface area (Å²) in [6, 6.07) is 14.1. The Labute approximate surface area is 199 Å². The molecule has 0 spiro atoms. The molecule has 11 heteroatoms. The molecule has 0 saturated carbocycles. The number of halogens is 2. The van der Waals surface area contributed by atoms with Gasteiger partial charge in [-0.2, -0.15) is 4.31 Å². The SMILES string of the molecule is O=C(c1cn(Cc2ccc(I)cc2)nn1)N1CCN(S(=O)(=O)c2ccc(Cl)cc2)CC1. The van der Waals surface area contributed by atoms with Gasteiger partial charge in [-0.25, -0.2) is 13.1 Å².